The maximum Gasteiger partial charge on any atom is 0.251 e. The average molecular weight is 264 g/mol. The lowest BCUT2D eigenvalue weighted by atomic mass is 10.1. The fraction of sp³-hybridized carbons (Fsp3) is 0.231. The number of hydrogen-bond donors (Lipinski definition) is 1. The van der Waals surface area contributed by atoms with E-state index in [1.165, 1.54) is 0 Å². The van der Waals surface area contributed by atoms with E-state index in [4.69, 9.17) is 11.6 Å². The van der Waals surface area contributed by atoms with Crippen LogP contribution in [-0.2, 0) is 0 Å². The first-order chi connectivity index (χ1) is 8.54. The van der Waals surface area contributed by atoms with Crippen LogP contribution in [0.1, 0.15) is 10.4 Å². The lowest BCUT2D eigenvalue weighted by Crippen LogP contribution is -2.20. The second-order valence-corrected chi connectivity index (χ2v) is 4.54. The van der Waals surface area contributed by atoms with Crippen molar-refractivity contribution in [3.63, 3.8) is 0 Å². The summed E-state index contributed by atoms with van der Waals surface area (Å²) < 4.78 is 0. The van der Waals surface area contributed by atoms with Crippen molar-refractivity contribution in [1.82, 2.24) is 10.3 Å². The van der Waals surface area contributed by atoms with Crippen molar-refractivity contribution >= 4 is 34.2 Å². The molecule has 0 saturated heterocycles. The topological polar surface area (TPSA) is 45.2 Å². The van der Waals surface area contributed by atoms with Gasteiger partial charge in [-0.2, -0.15) is 0 Å². The Morgan fingerprint density at radius 1 is 1.39 bits per heavy atom. The van der Waals surface area contributed by atoms with Crippen LogP contribution in [-0.4, -0.2) is 32.0 Å². The van der Waals surface area contributed by atoms with E-state index in [0.717, 1.165) is 5.39 Å². The number of aromatic nitrogens is 1. The number of nitrogens with one attached hydrogen (secondary N) is 1. The van der Waals surface area contributed by atoms with Gasteiger partial charge >= 0.3 is 0 Å². The minimum atomic E-state index is -0.146. The first-order valence-electron chi connectivity index (χ1n) is 5.53. The molecule has 2 rings (SSSR count). The SMILES string of the molecule is CNC(=O)c1cc(N(C)C)nc2c(Cl)cccc12. The highest BCUT2D eigenvalue weighted by molar-refractivity contribution is 6.35. The van der Waals surface area contributed by atoms with E-state index in [9.17, 15) is 4.79 Å². The molecule has 1 amide bonds. The van der Waals surface area contributed by atoms with Gasteiger partial charge in [-0.1, -0.05) is 23.7 Å². The van der Waals surface area contributed by atoms with Gasteiger partial charge in [-0.25, -0.2) is 4.98 Å². The number of para-hydroxylation sites is 1. The molecule has 1 N–H and O–H groups in total. The Hall–Kier alpha value is -1.81. The zero-order valence-corrected chi connectivity index (χ0v) is 11.2. The number of fused-ring (bicyclic) bond motifs is 1. The van der Waals surface area contributed by atoms with E-state index >= 15 is 0 Å². The Balaban J connectivity index is 2.81. The fourth-order valence-electron chi connectivity index (χ4n) is 1.75. The standard InChI is InChI=1S/C13H14ClN3O/c1-15-13(18)9-7-11(17(2)3)16-12-8(9)5-4-6-10(12)14/h4-7H,1-3H3,(H,15,18). The summed E-state index contributed by atoms with van der Waals surface area (Å²) in [4.78, 5) is 18.2. The molecule has 0 aliphatic rings. The van der Waals surface area contributed by atoms with Gasteiger partial charge in [0, 0.05) is 26.5 Å². The van der Waals surface area contributed by atoms with Crippen LogP contribution in [0.4, 0.5) is 5.82 Å². The molecule has 94 valence electrons. The van der Waals surface area contributed by atoms with E-state index in [1.807, 2.05) is 31.1 Å². The fourth-order valence-corrected chi connectivity index (χ4v) is 1.97. The minimum absolute atomic E-state index is 0.146. The molecular weight excluding hydrogens is 250 g/mol. The molecule has 0 radical (unpaired) electrons. The van der Waals surface area contributed by atoms with E-state index in [1.54, 1.807) is 19.2 Å². The first-order valence-corrected chi connectivity index (χ1v) is 5.91. The first kappa shape index (κ1) is 12.6. The molecule has 0 fully saturated rings. The number of nitrogens with zero attached hydrogens (tertiary/aromatic N) is 2. The third-order valence-electron chi connectivity index (χ3n) is 2.71. The molecule has 18 heavy (non-hydrogen) atoms. The van der Waals surface area contributed by atoms with E-state index < -0.39 is 0 Å². The lowest BCUT2D eigenvalue weighted by Gasteiger charge is -2.15. The molecule has 2 aromatic rings. The molecule has 1 aromatic carbocycles. The maximum atomic E-state index is 11.9. The van der Waals surface area contributed by atoms with Crippen LogP contribution in [0.2, 0.25) is 5.02 Å². The quantitative estimate of drug-likeness (QED) is 0.904. The Labute approximate surface area is 111 Å². The molecule has 0 atom stereocenters. The van der Waals surface area contributed by atoms with Crippen molar-refractivity contribution < 1.29 is 4.79 Å². The molecule has 0 unspecified atom stereocenters. The van der Waals surface area contributed by atoms with Crippen LogP contribution in [0, 0.1) is 0 Å². The summed E-state index contributed by atoms with van der Waals surface area (Å²) in [5.74, 6) is 0.557. The number of rotatable bonds is 2. The summed E-state index contributed by atoms with van der Waals surface area (Å²) in [6.07, 6.45) is 0. The molecule has 0 bridgehead atoms. The monoisotopic (exact) mass is 263 g/mol. The zero-order chi connectivity index (χ0) is 13.3. The van der Waals surface area contributed by atoms with Gasteiger partial charge < -0.3 is 10.2 Å². The van der Waals surface area contributed by atoms with Crippen LogP contribution in [0.5, 0.6) is 0 Å². The summed E-state index contributed by atoms with van der Waals surface area (Å²) in [6.45, 7) is 0. The van der Waals surface area contributed by atoms with E-state index in [2.05, 4.69) is 10.3 Å². The molecule has 0 aliphatic carbocycles. The van der Waals surface area contributed by atoms with Gasteiger partial charge in [-0.3, -0.25) is 4.79 Å². The maximum absolute atomic E-state index is 11.9. The Morgan fingerprint density at radius 3 is 2.72 bits per heavy atom. The van der Waals surface area contributed by atoms with Crippen molar-refractivity contribution in [2.45, 2.75) is 0 Å². The van der Waals surface area contributed by atoms with Crippen LogP contribution in [0.3, 0.4) is 0 Å². The number of pyridine rings is 1. The van der Waals surface area contributed by atoms with Gasteiger partial charge in [0.25, 0.3) is 5.91 Å². The van der Waals surface area contributed by atoms with Crippen molar-refractivity contribution in [1.29, 1.82) is 0 Å². The molecule has 5 heteroatoms. The van der Waals surface area contributed by atoms with Gasteiger partial charge in [0.1, 0.15) is 5.82 Å². The molecule has 4 nitrogen and oxygen atoms in total. The normalized spacial score (nSPS) is 10.4. The van der Waals surface area contributed by atoms with Gasteiger partial charge in [0.05, 0.1) is 16.1 Å². The number of anilines is 1. The highest BCUT2D eigenvalue weighted by Crippen LogP contribution is 2.27. The number of benzene rings is 1. The molecule has 1 heterocycles. The molecule has 0 aliphatic heterocycles. The van der Waals surface area contributed by atoms with Crippen LogP contribution in [0.25, 0.3) is 10.9 Å². The van der Waals surface area contributed by atoms with Crippen LogP contribution in [0.15, 0.2) is 24.3 Å². The van der Waals surface area contributed by atoms with Crippen molar-refractivity contribution in [2.24, 2.45) is 0 Å². The van der Waals surface area contributed by atoms with Crippen molar-refractivity contribution in [2.75, 3.05) is 26.0 Å². The van der Waals surface area contributed by atoms with Crippen molar-refractivity contribution in [3.05, 3.63) is 34.9 Å². The zero-order valence-electron chi connectivity index (χ0n) is 10.5. The van der Waals surface area contributed by atoms with Crippen LogP contribution >= 0.6 is 11.6 Å². The van der Waals surface area contributed by atoms with Gasteiger partial charge in [-0.05, 0) is 12.1 Å². The minimum Gasteiger partial charge on any atom is -0.363 e. The van der Waals surface area contributed by atoms with E-state index in [-0.39, 0.29) is 5.91 Å². The Kier molecular flexibility index (Phi) is 3.39. The Morgan fingerprint density at radius 2 is 2.11 bits per heavy atom. The number of carbonyl (C=O) groups is 1. The second kappa shape index (κ2) is 4.82. The highest BCUT2D eigenvalue weighted by Gasteiger charge is 2.14. The summed E-state index contributed by atoms with van der Waals surface area (Å²) in [7, 11) is 5.35. The number of hydrogen-bond acceptors (Lipinski definition) is 3. The summed E-state index contributed by atoms with van der Waals surface area (Å²) in [6, 6.07) is 7.19. The van der Waals surface area contributed by atoms with Gasteiger partial charge in [0.15, 0.2) is 0 Å². The third-order valence-corrected chi connectivity index (χ3v) is 3.01. The van der Waals surface area contributed by atoms with Crippen molar-refractivity contribution in [3.8, 4) is 0 Å². The summed E-state index contributed by atoms with van der Waals surface area (Å²) in [5, 5.41) is 3.93. The predicted molar refractivity (Wildman–Crippen MR) is 74.5 cm³/mol. The molecule has 0 saturated carbocycles. The van der Waals surface area contributed by atoms with E-state index in [0.29, 0.717) is 21.9 Å². The van der Waals surface area contributed by atoms with Crippen LogP contribution < -0.4 is 10.2 Å². The third kappa shape index (κ3) is 2.11. The second-order valence-electron chi connectivity index (χ2n) is 4.14. The van der Waals surface area contributed by atoms with Gasteiger partial charge in [0.2, 0.25) is 0 Å². The lowest BCUT2D eigenvalue weighted by molar-refractivity contribution is 0.0964. The highest BCUT2D eigenvalue weighted by atomic mass is 35.5. The number of carbonyl (C=O) groups excluding carboxylic acids is 1. The predicted octanol–water partition coefficient (Wildman–Crippen LogP) is 2.31. The molecular formula is C13H14ClN3O. The Bertz CT molecular complexity index is 610. The summed E-state index contributed by atoms with van der Waals surface area (Å²) in [5.41, 5.74) is 1.22. The average Bonchev–Trinajstić information content (AvgIpc) is 2.37. The number of amides is 1. The summed E-state index contributed by atoms with van der Waals surface area (Å²) >= 11 is 6.14. The molecule has 1 aromatic heterocycles. The largest absolute Gasteiger partial charge is 0.363 e. The van der Waals surface area contributed by atoms with Gasteiger partial charge in [-0.15, -0.1) is 0 Å². The smallest absolute Gasteiger partial charge is 0.251 e. The number of halogens is 1. The molecule has 0 spiro atoms.